The average molecular weight is 295 g/mol. The van der Waals surface area contributed by atoms with Gasteiger partial charge in [-0.05, 0) is 24.7 Å². The predicted molar refractivity (Wildman–Crippen MR) is 84.5 cm³/mol. The second-order valence-corrected chi connectivity index (χ2v) is 5.74. The van der Waals surface area contributed by atoms with Crippen molar-refractivity contribution < 1.29 is 4.92 Å². The molecular formula is C14H25N5O2. The topological polar surface area (TPSA) is 93.0 Å². The molecule has 7 nitrogen and oxygen atoms in total. The Morgan fingerprint density at radius 1 is 1.14 bits per heavy atom. The van der Waals surface area contributed by atoms with Crippen LogP contribution in [0.2, 0.25) is 0 Å². The Kier molecular flexibility index (Phi) is 6.33. The quantitative estimate of drug-likeness (QED) is 0.565. The summed E-state index contributed by atoms with van der Waals surface area (Å²) in [5.41, 5.74) is -0.0920. The lowest BCUT2D eigenvalue weighted by atomic mass is 9.85. The van der Waals surface area contributed by atoms with Crippen LogP contribution in [0.25, 0.3) is 0 Å². The molecule has 1 heterocycles. The van der Waals surface area contributed by atoms with E-state index in [9.17, 15) is 10.1 Å². The number of hydrogen-bond donors (Lipinski definition) is 2. The van der Waals surface area contributed by atoms with Crippen LogP contribution < -0.4 is 10.6 Å². The van der Waals surface area contributed by atoms with E-state index in [0.29, 0.717) is 30.8 Å². The normalized spacial score (nSPS) is 11.2. The van der Waals surface area contributed by atoms with Crippen LogP contribution in [0.3, 0.4) is 0 Å². The van der Waals surface area contributed by atoms with Gasteiger partial charge >= 0.3 is 5.69 Å². The number of anilines is 2. The molecule has 21 heavy (non-hydrogen) atoms. The summed E-state index contributed by atoms with van der Waals surface area (Å²) in [6.45, 7) is 11.7. The lowest BCUT2D eigenvalue weighted by molar-refractivity contribution is -0.383. The number of rotatable bonds is 8. The molecule has 1 aromatic heterocycles. The largest absolute Gasteiger partial charge is 0.364 e. The van der Waals surface area contributed by atoms with Gasteiger partial charge in [-0.3, -0.25) is 10.1 Å². The monoisotopic (exact) mass is 295 g/mol. The fourth-order valence-electron chi connectivity index (χ4n) is 2.43. The van der Waals surface area contributed by atoms with Gasteiger partial charge in [0.05, 0.1) is 4.92 Å². The second kappa shape index (κ2) is 7.75. The molecule has 0 aliphatic rings. The summed E-state index contributed by atoms with van der Waals surface area (Å²) in [5, 5.41) is 17.3. The van der Waals surface area contributed by atoms with Gasteiger partial charge in [-0.25, -0.2) is 9.97 Å². The summed E-state index contributed by atoms with van der Waals surface area (Å²) in [6.07, 6.45) is 1.34. The minimum Gasteiger partial charge on any atom is -0.364 e. The highest BCUT2D eigenvalue weighted by molar-refractivity contribution is 5.69. The Bertz CT molecular complexity index is 468. The molecule has 1 rings (SSSR count). The number of nitro groups is 1. The van der Waals surface area contributed by atoms with Crippen LogP contribution in [0.5, 0.6) is 0 Å². The molecule has 0 unspecified atom stereocenters. The maximum atomic E-state index is 11.3. The molecular weight excluding hydrogens is 270 g/mol. The second-order valence-electron chi connectivity index (χ2n) is 5.74. The molecule has 0 atom stereocenters. The first-order valence-electron chi connectivity index (χ1n) is 7.35. The van der Waals surface area contributed by atoms with Crippen molar-refractivity contribution in [1.29, 1.82) is 0 Å². The highest BCUT2D eigenvalue weighted by atomic mass is 16.6. The summed E-state index contributed by atoms with van der Waals surface area (Å²) in [5.74, 6) is 1.93. The van der Waals surface area contributed by atoms with Crippen molar-refractivity contribution in [3.05, 3.63) is 16.4 Å². The zero-order valence-corrected chi connectivity index (χ0v) is 13.4. The van der Waals surface area contributed by atoms with E-state index in [4.69, 9.17) is 0 Å². The molecule has 0 radical (unpaired) electrons. The summed E-state index contributed by atoms with van der Waals surface area (Å²) in [7, 11) is 0. The number of nitrogens with one attached hydrogen (secondary N) is 2. The van der Waals surface area contributed by atoms with E-state index < -0.39 is 4.92 Å². The fraction of sp³-hybridized carbons (Fsp3) is 0.714. The summed E-state index contributed by atoms with van der Waals surface area (Å²) >= 11 is 0. The molecule has 7 heteroatoms. The zero-order chi connectivity index (χ0) is 16.0. The lowest BCUT2D eigenvalue weighted by Crippen LogP contribution is -2.25. The van der Waals surface area contributed by atoms with Gasteiger partial charge in [0.2, 0.25) is 11.6 Å². The maximum absolute atomic E-state index is 11.3. The molecule has 0 saturated carbocycles. The van der Waals surface area contributed by atoms with Gasteiger partial charge < -0.3 is 10.6 Å². The van der Waals surface area contributed by atoms with Crippen molar-refractivity contribution in [3.8, 4) is 0 Å². The molecule has 0 bridgehead atoms. The van der Waals surface area contributed by atoms with Crippen LogP contribution >= 0.6 is 0 Å². The highest BCUT2D eigenvalue weighted by Gasteiger charge is 2.24. The van der Waals surface area contributed by atoms with Gasteiger partial charge in [-0.15, -0.1) is 0 Å². The Morgan fingerprint density at radius 2 is 1.67 bits per heavy atom. The van der Waals surface area contributed by atoms with Crippen molar-refractivity contribution >= 4 is 17.3 Å². The Balaban J connectivity index is 2.97. The van der Waals surface area contributed by atoms with E-state index in [-0.39, 0.29) is 17.3 Å². The van der Waals surface area contributed by atoms with Crippen LogP contribution in [0.4, 0.5) is 17.3 Å². The average Bonchev–Trinajstić information content (AvgIpc) is 2.38. The minimum absolute atomic E-state index is 0.0920. The standard InChI is InChI=1S/C14H25N5O2/c1-6-15-13-12(19(20)21)14(18-8-17-13)16-7-11(9(2)3)10(4)5/h8-11H,6-7H2,1-5H3,(H2,15,16,17,18). The van der Waals surface area contributed by atoms with E-state index >= 15 is 0 Å². The third kappa shape index (κ3) is 4.54. The van der Waals surface area contributed by atoms with Crippen LogP contribution in [0, 0.1) is 27.9 Å². The van der Waals surface area contributed by atoms with Gasteiger partial charge in [-0.2, -0.15) is 0 Å². The molecule has 0 aromatic carbocycles. The first kappa shape index (κ1) is 17.1. The smallest absolute Gasteiger partial charge is 0.353 e. The molecule has 0 aliphatic heterocycles. The Hall–Kier alpha value is -1.92. The van der Waals surface area contributed by atoms with E-state index in [0.717, 1.165) is 0 Å². The molecule has 0 aliphatic carbocycles. The van der Waals surface area contributed by atoms with E-state index in [1.165, 1.54) is 6.33 Å². The number of hydrogen-bond acceptors (Lipinski definition) is 6. The molecule has 0 spiro atoms. The van der Waals surface area contributed by atoms with Crippen LogP contribution in [0.1, 0.15) is 34.6 Å². The van der Waals surface area contributed by atoms with Crippen LogP contribution in [-0.4, -0.2) is 28.0 Å². The van der Waals surface area contributed by atoms with Crippen LogP contribution in [-0.2, 0) is 0 Å². The zero-order valence-electron chi connectivity index (χ0n) is 13.4. The predicted octanol–water partition coefficient (Wildman–Crippen LogP) is 3.16. The fourth-order valence-corrected chi connectivity index (χ4v) is 2.43. The third-order valence-corrected chi connectivity index (χ3v) is 3.57. The third-order valence-electron chi connectivity index (χ3n) is 3.57. The van der Waals surface area contributed by atoms with E-state index in [2.05, 4.69) is 48.3 Å². The van der Waals surface area contributed by atoms with Crippen molar-refractivity contribution in [2.24, 2.45) is 17.8 Å². The molecule has 2 N–H and O–H groups in total. The van der Waals surface area contributed by atoms with Crippen LogP contribution in [0.15, 0.2) is 6.33 Å². The first-order chi connectivity index (χ1) is 9.88. The highest BCUT2D eigenvalue weighted by Crippen LogP contribution is 2.30. The van der Waals surface area contributed by atoms with Crippen molar-refractivity contribution in [2.75, 3.05) is 23.7 Å². The maximum Gasteiger partial charge on any atom is 0.353 e. The van der Waals surface area contributed by atoms with Crippen molar-refractivity contribution in [1.82, 2.24) is 9.97 Å². The van der Waals surface area contributed by atoms with Gasteiger partial charge in [0.25, 0.3) is 0 Å². The molecule has 0 amide bonds. The number of aromatic nitrogens is 2. The summed E-state index contributed by atoms with van der Waals surface area (Å²) in [4.78, 5) is 18.8. The van der Waals surface area contributed by atoms with Crippen molar-refractivity contribution in [3.63, 3.8) is 0 Å². The van der Waals surface area contributed by atoms with Crippen molar-refractivity contribution in [2.45, 2.75) is 34.6 Å². The van der Waals surface area contributed by atoms with Gasteiger partial charge in [0, 0.05) is 13.1 Å². The van der Waals surface area contributed by atoms with Gasteiger partial charge in [0.1, 0.15) is 6.33 Å². The Labute approximate surface area is 125 Å². The van der Waals surface area contributed by atoms with E-state index in [1.807, 2.05) is 6.92 Å². The van der Waals surface area contributed by atoms with E-state index in [1.54, 1.807) is 0 Å². The molecule has 118 valence electrons. The van der Waals surface area contributed by atoms with Gasteiger partial charge in [0.15, 0.2) is 0 Å². The molecule has 0 fully saturated rings. The molecule has 1 aromatic rings. The minimum atomic E-state index is -0.444. The molecule has 0 saturated heterocycles. The van der Waals surface area contributed by atoms with Gasteiger partial charge in [-0.1, -0.05) is 27.7 Å². The first-order valence-corrected chi connectivity index (χ1v) is 7.35. The summed E-state index contributed by atoms with van der Waals surface area (Å²) in [6, 6.07) is 0. The SMILES string of the molecule is CCNc1ncnc(NCC(C(C)C)C(C)C)c1[N+](=O)[O-]. The lowest BCUT2D eigenvalue weighted by Gasteiger charge is -2.25. The number of nitrogens with zero attached hydrogens (tertiary/aromatic N) is 3. The summed E-state index contributed by atoms with van der Waals surface area (Å²) < 4.78 is 0. The Morgan fingerprint density at radius 3 is 2.10 bits per heavy atom.